The zero-order valence-electron chi connectivity index (χ0n) is 16.2. The van der Waals surface area contributed by atoms with E-state index in [2.05, 4.69) is 0 Å². The molecule has 1 fully saturated rings. The normalized spacial score (nSPS) is 17.9. The minimum atomic E-state index is -3.71. The summed E-state index contributed by atoms with van der Waals surface area (Å²) < 4.78 is 28.1. The first-order chi connectivity index (χ1) is 14.3. The summed E-state index contributed by atoms with van der Waals surface area (Å²) in [6.07, 6.45) is 0. The Balaban J connectivity index is 1.62. The van der Waals surface area contributed by atoms with E-state index in [1.54, 1.807) is 36.1 Å². The maximum atomic E-state index is 13.3. The molecule has 0 unspecified atom stereocenters. The van der Waals surface area contributed by atoms with E-state index >= 15 is 0 Å². The van der Waals surface area contributed by atoms with Gasteiger partial charge in [0.2, 0.25) is 10.0 Å². The summed E-state index contributed by atoms with van der Waals surface area (Å²) in [5, 5.41) is 13.5. The summed E-state index contributed by atoms with van der Waals surface area (Å²) in [7, 11) is -3.71. The van der Waals surface area contributed by atoms with Gasteiger partial charge in [-0.3, -0.25) is 10.1 Å². The molecule has 0 aliphatic carbocycles. The van der Waals surface area contributed by atoms with Crippen LogP contribution < -0.4 is 4.90 Å². The van der Waals surface area contributed by atoms with Gasteiger partial charge in [-0.1, -0.05) is 48.0 Å². The SMILES string of the molecule is C[C@H]1CN(c2c(Cl)cccc2[N+](=O)[O-])CCN1S(=O)(=O)c1ccc2ccccc2c1. The van der Waals surface area contributed by atoms with Crippen LogP contribution in [-0.4, -0.2) is 43.3 Å². The van der Waals surface area contributed by atoms with E-state index in [9.17, 15) is 18.5 Å². The second-order valence-electron chi connectivity index (χ2n) is 7.28. The van der Waals surface area contributed by atoms with Crippen LogP contribution in [0.25, 0.3) is 10.8 Å². The number of nitrogens with zero attached hydrogens (tertiary/aromatic N) is 3. The van der Waals surface area contributed by atoms with Crippen molar-refractivity contribution >= 4 is 43.8 Å². The third kappa shape index (κ3) is 3.62. The summed E-state index contributed by atoms with van der Waals surface area (Å²) in [5.41, 5.74) is 0.249. The highest BCUT2D eigenvalue weighted by molar-refractivity contribution is 7.89. The summed E-state index contributed by atoms with van der Waals surface area (Å²) in [6.45, 7) is 2.62. The number of nitro benzene ring substituents is 1. The number of nitro groups is 1. The lowest BCUT2D eigenvalue weighted by Gasteiger charge is -2.40. The quantitative estimate of drug-likeness (QED) is 0.441. The number of benzene rings is 3. The lowest BCUT2D eigenvalue weighted by Crippen LogP contribution is -2.54. The number of anilines is 1. The molecule has 1 saturated heterocycles. The first kappa shape index (κ1) is 20.6. The first-order valence-electron chi connectivity index (χ1n) is 9.47. The van der Waals surface area contributed by atoms with Crippen molar-refractivity contribution in [3.8, 4) is 0 Å². The predicted molar refractivity (Wildman–Crippen MR) is 118 cm³/mol. The second-order valence-corrected chi connectivity index (χ2v) is 9.58. The molecule has 0 aromatic heterocycles. The van der Waals surface area contributed by atoms with Crippen molar-refractivity contribution in [1.29, 1.82) is 0 Å². The van der Waals surface area contributed by atoms with Gasteiger partial charge in [0.25, 0.3) is 5.69 Å². The highest BCUT2D eigenvalue weighted by atomic mass is 35.5. The Kier molecular flexibility index (Phi) is 5.40. The molecule has 0 spiro atoms. The monoisotopic (exact) mass is 445 g/mol. The largest absolute Gasteiger partial charge is 0.362 e. The fourth-order valence-corrected chi connectivity index (χ4v) is 5.87. The Bertz CT molecular complexity index is 1230. The third-order valence-electron chi connectivity index (χ3n) is 5.37. The lowest BCUT2D eigenvalue weighted by atomic mass is 10.1. The maximum absolute atomic E-state index is 13.3. The van der Waals surface area contributed by atoms with Crippen molar-refractivity contribution in [2.75, 3.05) is 24.5 Å². The number of piperazine rings is 1. The Labute approximate surface area is 179 Å². The van der Waals surface area contributed by atoms with E-state index in [1.807, 2.05) is 24.3 Å². The minimum Gasteiger partial charge on any atom is -0.362 e. The van der Waals surface area contributed by atoms with Gasteiger partial charge in [-0.05, 0) is 35.9 Å². The fourth-order valence-electron chi connectivity index (χ4n) is 3.93. The van der Waals surface area contributed by atoms with Crippen molar-refractivity contribution in [2.24, 2.45) is 0 Å². The average molecular weight is 446 g/mol. The van der Waals surface area contributed by atoms with E-state index in [0.29, 0.717) is 18.8 Å². The maximum Gasteiger partial charge on any atom is 0.294 e. The van der Waals surface area contributed by atoms with Crippen LogP contribution in [0.2, 0.25) is 5.02 Å². The molecule has 7 nitrogen and oxygen atoms in total. The van der Waals surface area contributed by atoms with Gasteiger partial charge in [-0.25, -0.2) is 8.42 Å². The van der Waals surface area contributed by atoms with Crippen LogP contribution in [0.3, 0.4) is 0 Å². The van der Waals surface area contributed by atoms with Gasteiger partial charge in [0.15, 0.2) is 0 Å². The average Bonchev–Trinajstić information content (AvgIpc) is 2.72. The fraction of sp³-hybridized carbons (Fsp3) is 0.238. The Morgan fingerprint density at radius 1 is 1.03 bits per heavy atom. The molecule has 0 saturated carbocycles. The smallest absolute Gasteiger partial charge is 0.294 e. The topological polar surface area (TPSA) is 83.8 Å². The van der Waals surface area contributed by atoms with E-state index < -0.39 is 14.9 Å². The van der Waals surface area contributed by atoms with Gasteiger partial charge in [0, 0.05) is 31.7 Å². The Morgan fingerprint density at radius 2 is 1.77 bits per heavy atom. The van der Waals surface area contributed by atoms with Crippen LogP contribution >= 0.6 is 11.6 Å². The third-order valence-corrected chi connectivity index (χ3v) is 7.69. The van der Waals surface area contributed by atoms with Crippen molar-refractivity contribution < 1.29 is 13.3 Å². The van der Waals surface area contributed by atoms with Crippen LogP contribution in [0, 0.1) is 10.1 Å². The molecule has 3 aromatic rings. The molecule has 0 N–H and O–H groups in total. The molecule has 1 heterocycles. The van der Waals surface area contributed by atoms with E-state index in [-0.39, 0.29) is 28.2 Å². The van der Waals surface area contributed by atoms with Gasteiger partial charge in [-0.15, -0.1) is 0 Å². The van der Waals surface area contributed by atoms with Crippen molar-refractivity contribution in [1.82, 2.24) is 4.31 Å². The molecule has 0 bridgehead atoms. The molecule has 4 rings (SSSR count). The molecule has 30 heavy (non-hydrogen) atoms. The number of fused-ring (bicyclic) bond motifs is 1. The molecule has 1 aliphatic rings. The van der Waals surface area contributed by atoms with E-state index in [1.165, 1.54) is 16.4 Å². The second kappa shape index (κ2) is 7.86. The lowest BCUT2D eigenvalue weighted by molar-refractivity contribution is -0.384. The van der Waals surface area contributed by atoms with Crippen LogP contribution in [0.15, 0.2) is 65.6 Å². The summed E-state index contributed by atoms with van der Waals surface area (Å²) in [6, 6.07) is 16.9. The molecule has 1 atom stereocenters. The summed E-state index contributed by atoms with van der Waals surface area (Å²) in [4.78, 5) is 13.0. The molecule has 0 radical (unpaired) electrons. The molecule has 9 heteroatoms. The predicted octanol–water partition coefficient (Wildman–Crippen LogP) is 4.30. The molecule has 156 valence electrons. The number of halogens is 1. The standard InChI is InChI=1S/C21H20ClN3O4S/c1-15-14-23(21-19(22)7-4-8-20(21)25(26)27)11-12-24(15)30(28,29)18-10-9-16-5-2-3-6-17(16)13-18/h2-10,13,15H,11-12,14H2,1H3/t15-/m0/s1. The number of rotatable bonds is 4. The minimum absolute atomic E-state index is 0.0828. The van der Waals surface area contributed by atoms with Crippen molar-refractivity contribution in [3.05, 3.63) is 75.8 Å². The van der Waals surface area contributed by atoms with E-state index in [4.69, 9.17) is 11.6 Å². The van der Waals surface area contributed by atoms with Gasteiger partial charge in [0.1, 0.15) is 5.69 Å². The summed E-state index contributed by atoms with van der Waals surface area (Å²) >= 11 is 6.25. The molecular weight excluding hydrogens is 426 g/mol. The van der Waals surface area contributed by atoms with Gasteiger partial charge in [0.05, 0.1) is 14.8 Å². The number of hydrogen-bond acceptors (Lipinski definition) is 5. The number of para-hydroxylation sites is 1. The number of sulfonamides is 1. The van der Waals surface area contributed by atoms with Crippen LogP contribution in [0.5, 0.6) is 0 Å². The van der Waals surface area contributed by atoms with Gasteiger partial charge >= 0.3 is 0 Å². The van der Waals surface area contributed by atoms with Gasteiger partial charge in [-0.2, -0.15) is 4.31 Å². The highest BCUT2D eigenvalue weighted by Gasteiger charge is 2.36. The van der Waals surface area contributed by atoms with Crippen LogP contribution in [-0.2, 0) is 10.0 Å². The number of hydrogen-bond donors (Lipinski definition) is 0. The zero-order chi connectivity index (χ0) is 21.5. The molecular formula is C21H20ClN3O4S. The van der Waals surface area contributed by atoms with Gasteiger partial charge < -0.3 is 4.90 Å². The highest BCUT2D eigenvalue weighted by Crippen LogP contribution is 2.37. The van der Waals surface area contributed by atoms with Crippen LogP contribution in [0.4, 0.5) is 11.4 Å². The molecule has 0 amide bonds. The Morgan fingerprint density at radius 3 is 2.47 bits per heavy atom. The zero-order valence-corrected chi connectivity index (χ0v) is 17.8. The first-order valence-corrected chi connectivity index (χ1v) is 11.3. The van der Waals surface area contributed by atoms with Crippen molar-refractivity contribution in [2.45, 2.75) is 17.9 Å². The molecule has 3 aromatic carbocycles. The van der Waals surface area contributed by atoms with Crippen molar-refractivity contribution in [3.63, 3.8) is 0 Å². The van der Waals surface area contributed by atoms with E-state index in [0.717, 1.165) is 10.8 Å². The molecule has 1 aliphatic heterocycles. The van der Waals surface area contributed by atoms with Crippen LogP contribution in [0.1, 0.15) is 6.92 Å². The Hall–Kier alpha value is -2.68. The summed E-state index contributed by atoms with van der Waals surface area (Å²) in [5.74, 6) is 0.